The molecule has 0 saturated heterocycles. The summed E-state index contributed by atoms with van der Waals surface area (Å²) in [7, 11) is -3.69. The molecule has 0 spiro atoms. The average Bonchev–Trinajstić information content (AvgIpc) is 3.20. The summed E-state index contributed by atoms with van der Waals surface area (Å²) in [5.74, 6) is 0.668. The van der Waals surface area contributed by atoms with Crippen molar-refractivity contribution in [2.75, 3.05) is 0 Å². The zero-order valence-electron chi connectivity index (χ0n) is 13.8. The smallest absolute Gasteiger partial charge is 0.241 e. The van der Waals surface area contributed by atoms with Crippen molar-refractivity contribution in [2.24, 2.45) is 0 Å². The Kier molecular flexibility index (Phi) is 3.77. The van der Waals surface area contributed by atoms with Crippen LogP contribution in [-0.4, -0.2) is 19.2 Å². The number of hydrogen-bond donors (Lipinski definition) is 2. The Bertz CT molecular complexity index is 1060. The lowest BCUT2D eigenvalue weighted by Crippen LogP contribution is -2.23. The average molecular weight is 358 g/mol. The number of nitrogens with one attached hydrogen (secondary N) is 2. The van der Waals surface area contributed by atoms with Crippen molar-refractivity contribution in [3.05, 3.63) is 53.1 Å². The number of aryl methyl sites for hydroxylation is 2. The second kappa shape index (κ2) is 5.86. The van der Waals surface area contributed by atoms with Crippen LogP contribution in [0.15, 0.2) is 39.8 Å². The van der Waals surface area contributed by atoms with Gasteiger partial charge >= 0.3 is 0 Å². The number of furan rings is 1. The molecular formula is C18H18N2O4S. The Labute approximate surface area is 145 Å². The van der Waals surface area contributed by atoms with Crippen LogP contribution >= 0.6 is 0 Å². The normalized spacial score (nSPS) is 14.8. The minimum Gasteiger partial charge on any atom is -0.468 e. The highest BCUT2D eigenvalue weighted by Gasteiger charge is 2.25. The molecule has 2 N–H and O–H groups in total. The fourth-order valence-corrected chi connectivity index (χ4v) is 4.63. The molecule has 0 unspecified atom stereocenters. The second-order valence-corrected chi connectivity index (χ2v) is 8.06. The molecule has 0 saturated carbocycles. The molecule has 2 aromatic heterocycles. The van der Waals surface area contributed by atoms with E-state index in [-0.39, 0.29) is 17.2 Å². The van der Waals surface area contributed by atoms with E-state index in [9.17, 15) is 13.2 Å². The lowest BCUT2D eigenvalue weighted by Gasteiger charge is -2.10. The Balaban J connectivity index is 1.75. The number of Topliss-reactive ketones (excluding diaryl/α,β-unsaturated/α-hetero) is 1. The molecule has 3 aromatic rings. The molecule has 130 valence electrons. The molecule has 0 atom stereocenters. The molecule has 25 heavy (non-hydrogen) atoms. The van der Waals surface area contributed by atoms with E-state index in [2.05, 4.69) is 9.71 Å². The monoisotopic (exact) mass is 358 g/mol. The largest absolute Gasteiger partial charge is 0.468 e. The van der Waals surface area contributed by atoms with Gasteiger partial charge in [-0.1, -0.05) is 0 Å². The molecule has 0 radical (unpaired) electrons. The topological polar surface area (TPSA) is 92.2 Å². The van der Waals surface area contributed by atoms with Gasteiger partial charge in [0, 0.05) is 28.6 Å². The van der Waals surface area contributed by atoms with Gasteiger partial charge in [-0.3, -0.25) is 4.79 Å². The molecule has 0 fully saturated rings. The maximum Gasteiger partial charge on any atom is 0.241 e. The summed E-state index contributed by atoms with van der Waals surface area (Å²) in [6.45, 7) is 1.83. The number of hydrogen-bond acceptors (Lipinski definition) is 4. The Morgan fingerprint density at radius 3 is 2.88 bits per heavy atom. The molecule has 0 amide bonds. The van der Waals surface area contributed by atoms with Crippen molar-refractivity contribution in [1.29, 1.82) is 0 Å². The summed E-state index contributed by atoms with van der Waals surface area (Å²) in [6.07, 6.45) is 3.69. The third-order valence-electron chi connectivity index (χ3n) is 4.59. The molecular weight excluding hydrogens is 340 g/mol. The van der Waals surface area contributed by atoms with Gasteiger partial charge in [0.1, 0.15) is 5.76 Å². The van der Waals surface area contributed by atoms with Gasteiger partial charge in [-0.15, -0.1) is 0 Å². The minimum absolute atomic E-state index is 0.0898. The SMILES string of the molecule is Cc1cc2c3c([nH]c2cc1S(=O)(=O)NCc1ccco1)CCCC3=O. The van der Waals surface area contributed by atoms with Crippen LogP contribution in [0.1, 0.15) is 40.2 Å². The molecule has 1 aromatic carbocycles. The lowest BCUT2D eigenvalue weighted by atomic mass is 9.94. The van der Waals surface area contributed by atoms with Gasteiger partial charge in [0.15, 0.2) is 5.78 Å². The minimum atomic E-state index is -3.69. The van der Waals surface area contributed by atoms with Crippen LogP contribution in [0, 0.1) is 6.92 Å². The van der Waals surface area contributed by atoms with Crippen molar-refractivity contribution < 1.29 is 17.6 Å². The number of ketones is 1. The summed E-state index contributed by atoms with van der Waals surface area (Å²) >= 11 is 0. The van der Waals surface area contributed by atoms with Crippen LogP contribution in [0.4, 0.5) is 0 Å². The van der Waals surface area contributed by atoms with Crippen LogP contribution in [0.2, 0.25) is 0 Å². The van der Waals surface area contributed by atoms with Crippen molar-refractivity contribution >= 4 is 26.7 Å². The predicted octanol–water partition coefficient (Wildman–Crippen LogP) is 3.07. The summed E-state index contributed by atoms with van der Waals surface area (Å²) in [4.78, 5) is 15.7. The highest BCUT2D eigenvalue weighted by atomic mass is 32.2. The molecule has 0 aliphatic heterocycles. The molecule has 1 aliphatic rings. The van der Waals surface area contributed by atoms with Gasteiger partial charge in [0.25, 0.3) is 0 Å². The molecule has 1 aliphatic carbocycles. The summed E-state index contributed by atoms with van der Waals surface area (Å²) in [6, 6.07) is 6.82. The van der Waals surface area contributed by atoms with E-state index in [1.165, 1.54) is 6.26 Å². The predicted molar refractivity (Wildman–Crippen MR) is 93.0 cm³/mol. The first-order valence-electron chi connectivity index (χ1n) is 8.16. The fourth-order valence-electron chi connectivity index (χ4n) is 3.39. The molecule has 2 heterocycles. The maximum atomic E-state index is 12.7. The number of aromatic amines is 1. The molecule has 7 heteroatoms. The number of H-pyrrole nitrogens is 1. The number of benzene rings is 1. The third-order valence-corrected chi connectivity index (χ3v) is 6.13. The number of rotatable bonds is 4. The summed E-state index contributed by atoms with van der Waals surface area (Å²) in [5.41, 5.74) is 2.92. The van der Waals surface area contributed by atoms with Crippen LogP contribution in [0.5, 0.6) is 0 Å². The number of carbonyl (C=O) groups is 1. The zero-order chi connectivity index (χ0) is 17.6. The Hall–Kier alpha value is -2.38. The fraction of sp³-hybridized carbons (Fsp3) is 0.278. The van der Waals surface area contributed by atoms with E-state index in [1.54, 1.807) is 31.2 Å². The molecule has 0 bridgehead atoms. The maximum absolute atomic E-state index is 12.7. The van der Waals surface area contributed by atoms with Crippen LogP contribution in [-0.2, 0) is 23.0 Å². The van der Waals surface area contributed by atoms with Crippen molar-refractivity contribution in [1.82, 2.24) is 9.71 Å². The van der Waals surface area contributed by atoms with Gasteiger partial charge in [0.05, 0.1) is 17.7 Å². The quantitative estimate of drug-likeness (QED) is 0.750. The van der Waals surface area contributed by atoms with E-state index < -0.39 is 10.0 Å². The third kappa shape index (κ3) is 2.79. The Morgan fingerprint density at radius 2 is 2.12 bits per heavy atom. The second-order valence-electron chi connectivity index (χ2n) is 6.32. The number of fused-ring (bicyclic) bond motifs is 3. The van der Waals surface area contributed by atoms with Gasteiger partial charge in [0.2, 0.25) is 10.0 Å². The highest BCUT2D eigenvalue weighted by Crippen LogP contribution is 2.32. The first-order valence-corrected chi connectivity index (χ1v) is 9.64. The van der Waals surface area contributed by atoms with Crippen molar-refractivity contribution in [3.63, 3.8) is 0 Å². The highest BCUT2D eigenvalue weighted by molar-refractivity contribution is 7.89. The first-order chi connectivity index (χ1) is 12.0. The zero-order valence-corrected chi connectivity index (χ0v) is 14.6. The summed E-state index contributed by atoms with van der Waals surface area (Å²) < 4.78 is 33.0. The first kappa shape index (κ1) is 16.1. The standard InChI is InChI=1S/C18H18N2O4S/c1-11-8-13-15(20-14-5-2-6-16(21)18(13)14)9-17(11)25(22,23)19-10-12-4-3-7-24-12/h3-4,7-9,19-20H,2,5-6,10H2,1H3. The molecule has 4 rings (SSSR count). The van der Waals surface area contributed by atoms with Gasteiger partial charge in [-0.05, 0) is 49.6 Å². The molecule has 6 nitrogen and oxygen atoms in total. The number of aromatic nitrogens is 1. The van der Waals surface area contributed by atoms with Gasteiger partial charge in [-0.2, -0.15) is 0 Å². The van der Waals surface area contributed by atoms with Crippen LogP contribution in [0.3, 0.4) is 0 Å². The van der Waals surface area contributed by atoms with Crippen molar-refractivity contribution in [2.45, 2.75) is 37.6 Å². The van der Waals surface area contributed by atoms with Crippen LogP contribution in [0.25, 0.3) is 10.9 Å². The van der Waals surface area contributed by atoms with Crippen molar-refractivity contribution in [3.8, 4) is 0 Å². The van der Waals surface area contributed by atoms with E-state index in [0.29, 0.717) is 23.3 Å². The summed E-state index contributed by atoms with van der Waals surface area (Å²) in [5, 5.41) is 0.808. The van der Waals surface area contributed by atoms with E-state index >= 15 is 0 Å². The van der Waals surface area contributed by atoms with E-state index in [1.807, 2.05) is 0 Å². The lowest BCUT2D eigenvalue weighted by molar-refractivity contribution is 0.0974. The van der Waals surface area contributed by atoms with E-state index in [4.69, 9.17) is 4.42 Å². The van der Waals surface area contributed by atoms with Gasteiger partial charge < -0.3 is 9.40 Å². The van der Waals surface area contributed by atoms with E-state index in [0.717, 1.165) is 29.5 Å². The number of sulfonamides is 1. The Morgan fingerprint density at radius 1 is 1.28 bits per heavy atom. The number of carbonyl (C=O) groups excluding carboxylic acids is 1. The van der Waals surface area contributed by atoms with Gasteiger partial charge in [-0.25, -0.2) is 13.1 Å². The van der Waals surface area contributed by atoms with Crippen LogP contribution < -0.4 is 4.72 Å².